The summed E-state index contributed by atoms with van der Waals surface area (Å²) >= 11 is 0. The quantitative estimate of drug-likeness (QED) is 0.458. The minimum absolute atomic E-state index is 0.00540. The van der Waals surface area contributed by atoms with Gasteiger partial charge >= 0.3 is 0 Å². The van der Waals surface area contributed by atoms with Gasteiger partial charge in [0.15, 0.2) is 9.84 Å². The lowest BCUT2D eigenvalue weighted by molar-refractivity contribution is 0.0736. The summed E-state index contributed by atoms with van der Waals surface area (Å²) in [6, 6.07) is 19.1. The Labute approximate surface area is 236 Å². The van der Waals surface area contributed by atoms with E-state index in [4.69, 9.17) is 0 Å². The fourth-order valence-electron chi connectivity index (χ4n) is 5.70. The number of aromatic nitrogens is 1. The van der Waals surface area contributed by atoms with Gasteiger partial charge in [-0.15, -0.1) is 0 Å². The molecule has 0 N–H and O–H groups in total. The SMILES string of the molecule is Cc1c(CN2CCN(c3ccccc3C#N)CC2)cc(C(=O)N2CCN(c3ccccc3S(C)(=O)=O)CC2)n1C. The standard InChI is InChI=1S/C30H36N6O3S/c1-23-25(22-33-12-14-34(15-13-33)26-9-5-4-8-24(26)21-31)20-28(32(23)2)30(37)36-18-16-35(17-19-36)27-10-6-7-11-29(27)40(3,38)39/h4-11,20H,12-19,22H2,1-3H3. The fourth-order valence-corrected chi connectivity index (χ4v) is 6.61. The van der Waals surface area contributed by atoms with Gasteiger partial charge in [0.25, 0.3) is 5.91 Å². The second-order valence-electron chi connectivity index (χ2n) is 10.6. The van der Waals surface area contributed by atoms with E-state index in [0.717, 1.165) is 49.7 Å². The average Bonchev–Trinajstić information content (AvgIpc) is 3.25. The number of rotatable bonds is 6. The summed E-state index contributed by atoms with van der Waals surface area (Å²) in [5.74, 6) is 0.00540. The lowest BCUT2D eigenvalue weighted by Gasteiger charge is -2.36. The Morgan fingerprint density at radius 3 is 2.10 bits per heavy atom. The van der Waals surface area contributed by atoms with E-state index in [-0.39, 0.29) is 5.91 Å². The molecule has 1 aromatic heterocycles. The van der Waals surface area contributed by atoms with E-state index < -0.39 is 9.84 Å². The summed E-state index contributed by atoms with van der Waals surface area (Å²) < 4.78 is 26.5. The highest BCUT2D eigenvalue weighted by Gasteiger charge is 2.28. The molecule has 0 radical (unpaired) electrons. The van der Waals surface area contributed by atoms with Crippen LogP contribution in [0.1, 0.15) is 27.3 Å². The maximum Gasteiger partial charge on any atom is 0.270 e. The molecular formula is C30H36N6O3S. The number of benzene rings is 2. The molecule has 0 spiro atoms. The van der Waals surface area contributed by atoms with Crippen molar-refractivity contribution in [1.82, 2.24) is 14.4 Å². The molecule has 0 aliphatic carbocycles. The highest BCUT2D eigenvalue weighted by molar-refractivity contribution is 7.90. The van der Waals surface area contributed by atoms with E-state index in [2.05, 4.69) is 27.7 Å². The van der Waals surface area contributed by atoms with Gasteiger partial charge in [-0.2, -0.15) is 5.26 Å². The number of nitrogens with zero attached hydrogens (tertiary/aromatic N) is 6. The van der Waals surface area contributed by atoms with Crippen LogP contribution in [0.4, 0.5) is 11.4 Å². The number of para-hydroxylation sites is 2. The maximum atomic E-state index is 13.6. The Kier molecular flexibility index (Phi) is 7.88. The predicted molar refractivity (Wildman–Crippen MR) is 156 cm³/mol. The number of amides is 1. The third-order valence-corrected chi connectivity index (χ3v) is 9.31. The molecule has 2 saturated heterocycles. The van der Waals surface area contributed by atoms with E-state index in [1.54, 1.807) is 12.1 Å². The molecule has 0 saturated carbocycles. The number of hydrogen-bond acceptors (Lipinski definition) is 7. The van der Waals surface area contributed by atoms with Gasteiger partial charge in [-0.1, -0.05) is 24.3 Å². The van der Waals surface area contributed by atoms with Crippen molar-refractivity contribution in [3.05, 3.63) is 77.1 Å². The van der Waals surface area contributed by atoms with Crippen LogP contribution in [0.3, 0.4) is 0 Å². The highest BCUT2D eigenvalue weighted by atomic mass is 32.2. The number of nitriles is 1. The molecule has 2 aliphatic rings. The molecule has 2 fully saturated rings. The van der Waals surface area contributed by atoms with Gasteiger partial charge in [0.05, 0.1) is 21.8 Å². The zero-order valence-electron chi connectivity index (χ0n) is 23.4. The largest absolute Gasteiger partial charge is 0.368 e. The number of piperazine rings is 2. The molecule has 3 heterocycles. The van der Waals surface area contributed by atoms with Crippen molar-refractivity contribution in [2.24, 2.45) is 7.05 Å². The Morgan fingerprint density at radius 2 is 1.45 bits per heavy atom. The lowest BCUT2D eigenvalue weighted by atomic mass is 10.1. The van der Waals surface area contributed by atoms with Crippen LogP contribution >= 0.6 is 0 Å². The van der Waals surface area contributed by atoms with Crippen molar-refractivity contribution in [3.63, 3.8) is 0 Å². The van der Waals surface area contributed by atoms with E-state index in [9.17, 15) is 18.5 Å². The molecule has 0 atom stereocenters. The van der Waals surface area contributed by atoms with Crippen molar-refractivity contribution < 1.29 is 13.2 Å². The van der Waals surface area contributed by atoms with Gasteiger partial charge in [-0.3, -0.25) is 9.69 Å². The summed E-state index contributed by atoms with van der Waals surface area (Å²) in [4.78, 5) is 22.5. The lowest BCUT2D eigenvalue weighted by Crippen LogP contribution is -2.49. The van der Waals surface area contributed by atoms with Crippen LogP contribution in [0.25, 0.3) is 0 Å². The second kappa shape index (κ2) is 11.4. The monoisotopic (exact) mass is 560 g/mol. The number of sulfone groups is 1. The molecule has 5 rings (SSSR count). The molecule has 2 aromatic carbocycles. The summed E-state index contributed by atoms with van der Waals surface area (Å²) in [5, 5.41) is 9.45. The smallest absolute Gasteiger partial charge is 0.270 e. The topological polar surface area (TPSA) is 92.9 Å². The summed E-state index contributed by atoms with van der Waals surface area (Å²) in [5.41, 5.74) is 5.31. The first kappa shape index (κ1) is 27.7. The van der Waals surface area contributed by atoms with E-state index in [0.29, 0.717) is 48.0 Å². The summed E-state index contributed by atoms with van der Waals surface area (Å²) in [6.07, 6.45) is 1.23. The van der Waals surface area contributed by atoms with Crippen LogP contribution < -0.4 is 9.80 Å². The normalized spacial score (nSPS) is 16.7. The zero-order chi connectivity index (χ0) is 28.4. The fraction of sp³-hybridized carbons (Fsp3) is 0.400. The number of anilines is 2. The van der Waals surface area contributed by atoms with Crippen LogP contribution in [0, 0.1) is 18.3 Å². The third kappa shape index (κ3) is 5.58. The van der Waals surface area contributed by atoms with Crippen molar-refractivity contribution in [1.29, 1.82) is 5.26 Å². The van der Waals surface area contributed by atoms with Crippen molar-refractivity contribution >= 4 is 27.1 Å². The number of hydrogen-bond donors (Lipinski definition) is 0. The molecule has 1 amide bonds. The van der Waals surface area contributed by atoms with Gasteiger partial charge in [-0.25, -0.2) is 8.42 Å². The molecule has 9 nitrogen and oxygen atoms in total. The maximum absolute atomic E-state index is 13.6. The molecular weight excluding hydrogens is 524 g/mol. The van der Waals surface area contributed by atoms with Crippen LogP contribution in [0.5, 0.6) is 0 Å². The van der Waals surface area contributed by atoms with Crippen LogP contribution in [0.2, 0.25) is 0 Å². The van der Waals surface area contributed by atoms with Crippen LogP contribution in [-0.2, 0) is 23.4 Å². The Morgan fingerprint density at radius 1 is 0.875 bits per heavy atom. The Hall–Kier alpha value is -3.81. The zero-order valence-corrected chi connectivity index (χ0v) is 24.2. The number of carbonyl (C=O) groups is 1. The highest BCUT2D eigenvalue weighted by Crippen LogP contribution is 2.27. The van der Waals surface area contributed by atoms with Crippen LogP contribution in [-0.4, -0.2) is 87.3 Å². The molecule has 0 unspecified atom stereocenters. The van der Waals surface area contributed by atoms with Gasteiger partial charge in [0, 0.05) is 77.9 Å². The van der Waals surface area contributed by atoms with E-state index >= 15 is 0 Å². The molecule has 0 bridgehead atoms. The van der Waals surface area contributed by atoms with Gasteiger partial charge in [-0.05, 0) is 42.8 Å². The van der Waals surface area contributed by atoms with Gasteiger partial charge in [0.1, 0.15) is 11.8 Å². The molecule has 2 aliphatic heterocycles. The van der Waals surface area contributed by atoms with E-state index in [1.807, 2.05) is 59.0 Å². The first-order valence-electron chi connectivity index (χ1n) is 13.6. The minimum atomic E-state index is -3.34. The Balaban J connectivity index is 1.21. The minimum Gasteiger partial charge on any atom is -0.368 e. The summed E-state index contributed by atoms with van der Waals surface area (Å²) in [6.45, 7) is 8.52. The first-order valence-corrected chi connectivity index (χ1v) is 15.5. The molecule has 10 heteroatoms. The van der Waals surface area contributed by atoms with Gasteiger partial charge < -0.3 is 19.3 Å². The van der Waals surface area contributed by atoms with E-state index in [1.165, 1.54) is 6.26 Å². The van der Waals surface area contributed by atoms with Crippen LogP contribution in [0.15, 0.2) is 59.5 Å². The Bertz CT molecular complexity index is 1540. The predicted octanol–water partition coefficient (Wildman–Crippen LogP) is 2.89. The first-order chi connectivity index (χ1) is 19.2. The summed E-state index contributed by atoms with van der Waals surface area (Å²) in [7, 11) is -1.40. The molecule has 210 valence electrons. The number of carbonyl (C=O) groups excluding carboxylic acids is 1. The van der Waals surface area contributed by atoms with Gasteiger partial charge in [0.2, 0.25) is 0 Å². The van der Waals surface area contributed by atoms with Crippen molar-refractivity contribution in [2.75, 3.05) is 68.4 Å². The van der Waals surface area contributed by atoms with Crippen molar-refractivity contribution in [2.45, 2.75) is 18.4 Å². The third-order valence-electron chi connectivity index (χ3n) is 8.16. The van der Waals surface area contributed by atoms with Crippen molar-refractivity contribution in [3.8, 4) is 6.07 Å². The molecule has 3 aromatic rings. The molecule has 40 heavy (non-hydrogen) atoms. The second-order valence-corrected chi connectivity index (χ2v) is 12.6. The average molecular weight is 561 g/mol.